The van der Waals surface area contributed by atoms with Crippen molar-refractivity contribution in [2.24, 2.45) is 5.92 Å². The number of hydrogen-bond donors (Lipinski definition) is 1. The number of ether oxygens (including phenoxy) is 2. The molecule has 1 aliphatic rings. The number of rotatable bonds is 7. The third kappa shape index (κ3) is 4.91. The molecule has 0 aromatic heterocycles. The Morgan fingerprint density at radius 2 is 1.93 bits per heavy atom. The number of benzene rings is 1. The molecule has 0 radical (unpaired) electrons. The molecule has 8 nitrogen and oxygen atoms in total. The van der Waals surface area contributed by atoms with E-state index < -0.39 is 10.2 Å². The number of piperidine rings is 1. The van der Waals surface area contributed by atoms with Gasteiger partial charge in [0.1, 0.15) is 0 Å². The molecule has 152 valence electrons. The summed E-state index contributed by atoms with van der Waals surface area (Å²) in [6.07, 6.45) is 1.33. The molecule has 1 amide bonds. The van der Waals surface area contributed by atoms with Crippen molar-refractivity contribution in [1.82, 2.24) is 13.9 Å². The van der Waals surface area contributed by atoms with Gasteiger partial charge in [-0.3, -0.25) is 4.79 Å². The van der Waals surface area contributed by atoms with E-state index in [9.17, 15) is 13.2 Å². The van der Waals surface area contributed by atoms with Crippen LogP contribution in [0.15, 0.2) is 18.2 Å². The summed E-state index contributed by atoms with van der Waals surface area (Å²) >= 11 is 0. The number of methoxy groups -OCH3 is 2. The van der Waals surface area contributed by atoms with Crippen LogP contribution >= 0.6 is 0 Å². The molecule has 1 heterocycles. The van der Waals surface area contributed by atoms with Gasteiger partial charge in [-0.05, 0) is 37.5 Å². The zero-order valence-electron chi connectivity index (χ0n) is 16.6. The Morgan fingerprint density at radius 1 is 1.26 bits per heavy atom. The number of carbonyl (C=O) groups is 1. The third-order valence-corrected chi connectivity index (χ3v) is 6.72. The number of nitrogens with zero attached hydrogens (tertiary/aromatic N) is 2. The molecule has 1 N–H and O–H groups in total. The monoisotopic (exact) mass is 399 g/mol. The van der Waals surface area contributed by atoms with Gasteiger partial charge in [0.05, 0.1) is 26.2 Å². The molecule has 1 saturated heterocycles. The van der Waals surface area contributed by atoms with Crippen LogP contribution in [-0.2, 0) is 15.0 Å². The van der Waals surface area contributed by atoms with Crippen molar-refractivity contribution in [2.45, 2.75) is 25.8 Å². The van der Waals surface area contributed by atoms with Crippen LogP contribution in [0.1, 0.15) is 31.4 Å². The third-order valence-electron chi connectivity index (χ3n) is 4.81. The smallest absolute Gasteiger partial charge is 0.281 e. The summed E-state index contributed by atoms with van der Waals surface area (Å²) in [6, 6.07) is 5.25. The van der Waals surface area contributed by atoms with Crippen LogP contribution in [0.25, 0.3) is 0 Å². The lowest BCUT2D eigenvalue weighted by Crippen LogP contribution is -2.49. The van der Waals surface area contributed by atoms with E-state index in [0.717, 1.165) is 5.56 Å². The van der Waals surface area contributed by atoms with Gasteiger partial charge in [-0.25, -0.2) is 0 Å². The molecule has 0 spiro atoms. The molecule has 0 saturated carbocycles. The van der Waals surface area contributed by atoms with E-state index in [1.54, 1.807) is 20.3 Å². The Balaban J connectivity index is 2.06. The Kier molecular flexibility index (Phi) is 7.07. The van der Waals surface area contributed by atoms with Crippen LogP contribution in [0.5, 0.6) is 11.5 Å². The number of amides is 1. The fourth-order valence-electron chi connectivity index (χ4n) is 3.13. The lowest BCUT2D eigenvalue weighted by molar-refractivity contribution is -0.126. The molecule has 2 rings (SSSR count). The Morgan fingerprint density at radius 3 is 2.52 bits per heavy atom. The first kappa shape index (κ1) is 21.5. The van der Waals surface area contributed by atoms with Crippen LogP contribution in [-0.4, -0.2) is 64.3 Å². The Labute approximate surface area is 161 Å². The van der Waals surface area contributed by atoms with Crippen molar-refractivity contribution in [2.75, 3.05) is 41.4 Å². The van der Waals surface area contributed by atoms with E-state index in [4.69, 9.17) is 9.47 Å². The van der Waals surface area contributed by atoms with Gasteiger partial charge in [-0.15, -0.1) is 0 Å². The van der Waals surface area contributed by atoms with E-state index in [2.05, 4.69) is 5.32 Å². The number of nitrogens with one attached hydrogen (secondary N) is 1. The summed E-state index contributed by atoms with van der Waals surface area (Å²) in [6.45, 7) is 2.52. The molecular weight excluding hydrogens is 370 g/mol. The summed E-state index contributed by atoms with van der Waals surface area (Å²) in [5.41, 5.74) is 0.884. The molecule has 9 heteroatoms. The molecule has 1 aliphatic heterocycles. The minimum Gasteiger partial charge on any atom is -0.493 e. The minimum absolute atomic E-state index is 0.143. The lowest BCUT2D eigenvalue weighted by atomic mass is 9.98. The van der Waals surface area contributed by atoms with Crippen LogP contribution < -0.4 is 14.8 Å². The van der Waals surface area contributed by atoms with Crippen molar-refractivity contribution in [1.29, 1.82) is 0 Å². The van der Waals surface area contributed by atoms with E-state index in [-0.39, 0.29) is 24.4 Å². The molecular formula is C18H29N3O5S. The van der Waals surface area contributed by atoms with Gasteiger partial charge in [0.15, 0.2) is 11.5 Å². The summed E-state index contributed by atoms with van der Waals surface area (Å²) in [5, 5.41) is 2.99. The predicted molar refractivity (Wildman–Crippen MR) is 103 cm³/mol. The lowest BCUT2D eigenvalue weighted by Gasteiger charge is -2.33. The van der Waals surface area contributed by atoms with Gasteiger partial charge < -0.3 is 14.8 Å². The topological polar surface area (TPSA) is 88.2 Å². The number of carbonyl (C=O) groups excluding carboxylic acids is 1. The first-order chi connectivity index (χ1) is 12.7. The van der Waals surface area contributed by atoms with Gasteiger partial charge in [0, 0.05) is 27.2 Å². The van der Waals surface area contributed by atoms with Crippen molar-refractivity contribution >= 4 is 16.1 Å². The van der Waals surface area contributed by atoms with Gasteiger partial charge in [-0.2, -0.15) is 17.0 Å². The summed E-state index contributed by atoms with van der Waals surface area (Å²) in [5.74, 6) is 0.709. The van der Waals surface area contributed by atoms with Gasteiger partial charge in [-0.1, -0.05) is 6.07 Å². The Bertz CT molecular complexity index is 766. The standard InChI is InChI=1S/C18H29N3O5S/c1-13(14-8-9-16(25-4)17(11-14)26-5)19-18(22)15-7-6-10-21(12-15)27(23,24)20(2)3/h8-9,11,13,15H,6-7,10,12H2,1-5H3,(H,19,22)/t13-,15-/m1/s1. The van der Waals surface area contributed by atoms with Crippen LogP contribution in [0.3, 0.4) is 0 Å². The fourth-order valence-corrected chi connectivity index (χ4v) is 4.32. The molecule has 1 aromatic rings. The minimum atomic E-state index is -3.51. The first-order valence-corrected chi connectivity index (χ1v) is 10.3. The maximum absolute atomic E-state index is 12.7. The normalized spacial score (nSPS) is 19.6. The molecule has 2 atom stereocenters. The average molecular weight is 400 g/mol. The summed E-state index contributed by atoms with van der Waals surface area (Å²) in [4.78, 5) is 12.7. The highest BCUT2D eigenvalue weighted by Gasteiger charge is 2.33. The average Bonchev–Trinajstić information content (AvgIpc) is 2.67. The van der Waals surface area contributed by atoms with E-state index >= 15 is 0 Å². The fraction of sp³-hybridized carbons (Fsp3) is 0.611. The second-order valence-corrected chi connectivity index (χ2v) is 8.97. The highest BCUT2D eigenvalue weighted by atomic mass is 32.2. The largest absolute Gasteiger partial charge is 0.493 e. The summed E-state index contributed by atoms with van der Waals surface area (Å²) in [7, 11) is 2.62. The van der Waals surface area contributed by atoms with Crippen molar-refractivity contribution in [3.05, 3.63) is 23.8 Å². The van der Waals surface area contributed by atoms with E-state index in [1.807, 2.05) is 19.1 Å². The van der Waals surface area contributed by atoms with Crippen molar-refractivity contribution in [3.63, 3.8) is 0 Å². The quantitative estimate of drug-likeness (QED) is 0.749. The maximum Gasteiger partial charge on any atom is 0.281 e. The SMILES string of the molecule is COc1ccc([C@@H](C)NC(=O)[C@@H]2CCCN(S(=O)(=O)N(C)C)C2)cc1OC. The second kappa shape index (κ2) is 8.90. The number of hydrogen-bond acceptors (Lipinski definition) is 5. The molecule has 1 fully saturated rings. The molecule has 0 bridgehead atoms. The Hall–Kier alpha value is -1.84. The zero-order chi connectivity index (χ0) is 20.2. The second-order valence-electron chi connectivity index (χ2n) is 6.83. The van der Waals surface area contributed by atoms with Crippen LogP contribution in [0, 0.1) is 5.92 Å². The van der Waals surface area contributed by atoms with Gasteiger partial charge >= 0.3 is 0 Å². The molecule has 1 aromatic carbocycles. The van der Waals surface area contributed by atoms with Crippen LogP contribution in [0.2, 0.25) is 0 Å². The highest BCUT2D eigenvalue weighted by molar-refractivity contribution is 7.86. The molecule has 0 unspecified atom stereocenters. The van der Waals surface area contributed by atoms with E-state index in [1.165, 1.54) is 22.7 Å². The van der Waals surface area contributed by atoms with E-state index in [0.29, 0.717) is 30.9 Å². The molecule has 0 aliphatic carbocycles. The summed E-state index contributed by atoms with van der Waals surface area (Å²) < 4.78 is 37.7. The van der Waals surface area contributed by atoms with Crippen LogP contribution in [0.4, 0.5) is 0 Å². The highest BCUT2D eigenvalue weighted by Crippen LogP contribution is 2.30. The maximum atomic E-state index is 12.7. The van der Waals surface area contributed by atoms with Crippen molar-refractivity contribution in [3.8, 4) is 11.5 Å². The predicted octanol–water partition coefficient (Wildman–Crippen LogP) is 1.40. The van der Waals surface area contributed by atoms with Crippen molar-refractivity contribution < 1.29 is 22.7 Å². The van der Waals surface area contributed by atoms with Gasteiger partial charge in [0.2, 0.25) is 5.91 Å². The van der Waals surface area contributed by atoms with Gasteiger partial charge in [0.25, 0.3) is 10.2 Å². The molecule has 27 heavy (non-hydrogen) atoms. The zero-order valence-corrected chi connectivity index (χ0v) is 17.4. The first-order valence-electron chi connectivity index (χ1n) is 8.90.